The second-order valence-electron chi connectivity index (χ2n) is 3.59. The summed E-state index contributed by atoms with van der Waals surface area (Å²) in [4.78, 5) is 15.0. The van der Waals surface area contributed by atoms with Crippen LogP contribution < -0.4 is 0 Å². The summed E-state index contributed by atoms with van der Waals surface area (Å²) >= 11 is 0. The fraction of sp³-hybridized carbons (Fsp3) is 0.167. The molecule has 0 aliphatic heterocycles. The van der Waals surface area contributed by atoms with Crippen LogP contribution in [0.3, 0.4) is 0 Å². The van der Waals surface area contributed by atoms with Gasteiger partial charge in [0.2, 0.25) is 0 Å². The number of aromatic nitrogens is 2. The van der Waals surface area contributed by atoms with Crippen LogP contribution in [0.4, 0.5) is 4.39 Å². The van der Waals surface area contributed by atoms with E-state index in [1.807, 2.05) is 0 Å². The number of ketones is 1. The van der Waals surface area contributed by atoms with Gasteiger partial charge in [0.1, 0.15) is 11.6 Å². The van der Waals surface area contributed by atoms with Crippen molar-refractivity contribution in [3.8, 4) is 5.69 Å². The van der Waals surface area contributed by atoms with Gasteiger partial charge in [-0.3, -0.25) is 9.36 Å². The molecule has 0 N–H and O–H groups in total. The van der Waals surface area contributed by atoms with E-state index in [9.17, 15) is 9.18 Å². The van der Waals surface area contributed by atoms with Gasteiger partial charge in [-0.2, -0.15) is 0 Å². The van der Waals surface area contributed by atoms with Gasteiger partial charge in [-0.05, 0) is 19.1 Å². The molecule has 1 heterocycles. The van der Waals surface area contributed by atoms with E-state index in [2.05, 4.69) is 4.98 Å². The maximum atomic E-state index is 13.5. The van der Waals surface area contributed by atoms with Gasteiger partial charge in [0.15, 0.2) is 0 Å². The highest BCUT2D eigenvalue weighted by Gasteiger charge is 2.09. The summed E-state index contributed by atoms with van der Waals surface area (Å²) in [5.41, 5.74) is 1.11. The number of hydrogen-bond acceptors (Lipinski definition) is 2. The number of nitrogens with zero attached hydrogens (tertiary/aromatic N) is 2. The zero-order valence-electron chi connectivity index (χ0n) is 8.85. The number of carbonyl (C=O) groups is 1. The maximum Gasteiger partial charge on any atom is 0.147 e. The summed E-state index contributed by atoms with van der Waals surface area (Å²) in [5.74, 6) is -0.302. The molecule has 0 amide bonds. The number of carbonyl (C=O) groups excluding carboxylic acids is 1. The van der Waals surface area contributed by atoms with E-state index >= 15 is 0 Å². The third kappa shape index (κ3) is 2.00. The molecule has 0 aliphatic carbocycles. The monoisotopic (exact) mass is 218 g/mol. The number of Topliss-reactive ketones (excluding diaryl/α,β-unsaturated/α-hetero) is 1. The van der Waals surface area contributed by atoms with Crippen LogP contribution in [0.5, 0.6) is 0 Å². The van der Waals surface area contributed by atoms with Crippen LogP contribution in [-0.2, 0) is 11.2 Å². The van der Waals surface area contributed by atoms with Gasteiger partial charge in [0.25, 0.3) is 0 Å². The Morgan fingerprint density at radius 2 is 2.19 bits per heavy atom. The minimum Gasteiger partial charge on any atom is -0.300 e. The molecular formula is C12H11FN2O. The Labute approximate surface area is 92.5 Å². The summed E-state index contributed by atoms with van der Waals surface area (Å²) in [6, 6.07) is 6.41. The fourth-order valence-corrected chi connectivity index (χ4v) is 1.57. The Kier molecular flexibility index (Phi) is 2.81. The molecule has 0 spiro atoms. The van der Waals surface area contributed by atoms with E-state index in [0.29, 0.717) is 11.4 Å². The van der Waals surface area contributed by atoms with E-state index in [-0.39, 0.29) is 18.0 Å². The molecular weight excluding hydrogens is 207 g/mol. The molecule has 1 aromatic carbocycles. The number of imidazole rings is 1. The molecule has 0 atom stereocenters. The van der Waals surface area contributed by atoms with Crippen molar-refractivity contribution >= 4 is 5.78 Å². The number of benzene rings is 1. The molecule has 3 nitrogen and oxygen atoms in total. The van der Waals surface area contributed by atoms with Gasteiger partial charge in [0.05, 0.1) is 12.0 Å². The quantitative estimate of drug-likeness (QED) is 0.791. The number of rotatable bonds is 3. The average molecular weight is 218 g/mol. The number of halogens is 1. The van der Waals surface area contributed by atoms with Crippen molar-refractivity contribution < 1.29 is 9.18 Å². The van der Waals surface area contributed by atoms with Gasteiger partial charge < -0.3 is 0 Å². The van der Waals surface area contributed by atoms with Gasteiger partial charge in [-0.1, -0.05) is 12.1 Å². The molecule has 0 fully saturated rings. The van der Waals surface area contributed by atoms with E-state index < -0.39 is 0 Å². The van der Waals surface area contributed by atoms with Gasteiger partial charge in [0, 0.05) is 18.3 Å². The standard InChI is InChI=1S/C12H11FN2O/c1-9(16)6-10-7-14-8-15(10)12-5-3-2-4-11(12)13/h2-5,7-8H,6H2,1H3. The second kappa shape index (κ2) is 4.26. The smallest absolute Gasteiger partial charge is 0.147 e. The van der Waals surface area contributed by atoms with E-state index in [4.69, 9.17) is 0 Å². The summed E-state index contributed by atoms with van der Waals surface area (Å²) in [6.45, 7) is 1.50. The first-order chi connectivity index (χ1) is 7.68. The number of hydrogen-bond donors (Lipinski definition) is 0. The Morgan fingerprint density at radius 1 is 1.44 bits per heavy atom. The van der Waals surface area contributed by atoms with Crippen molar-refractivity contribution in [3.63, 3.8) is 0 Å². The molecule has 0 bridgehead atoms. The minimum absolute atomic E-state index is 0.0260. The van der Waals surface area contributed by atoms with Crippen LogP contribution in [0, 0.1) is 5.82 Å². The highest BCUT2D eigenvalue weighted by Crippen LogP contribution is 2.15. The molecule has 0 unspecified atom stereocenters. The van der Waals surface area contributed by atoms with Crippen LogP contribution in [-0.4, -0.2) is 15.3 Å². The molecule has 1 aromatic heterocycles. The summed E-state index contributed by atoms with van der Waals surface area (Å²) in [6.07, 6.45) is 3.35. The van der Waals surface area contributed by atoms with Crippen LogP contribution in [0.1, 0.15) is 12.6 Å². The van der Waals surface area contributed by atoms with E-state index in [1.54, 1.807) is 29.0 Å². The lowest BCUT2D eigenvalue weighted by atomic mass is 10.2. The van der Waals surface area contributed by atoms with Crippen molar-refractivity contribution in [1.82, 2.24) is 9.55 Å². The Morgan fingerprint density at radius 3 is 2.88 bits per heavy atom. The molecule has 0 radical (unpaired) electrons. The van der Waals surface area contributed by atoms with Crippen molar-refractivity contribution in [2.75, 3.05) is 0 Å². The zero-order chi connectivity index (χ0) is 11.5. The van der Waals surface area contributed by atoms with Gasteiger partial charge >= 0.3 is 0 Å². The Bertz CT molecular complexity index is 519. The molecule has 0 aliphatic rings. The van der Waals surface area contributed by atoms with Gasteiger partial charge in [-0.25, -0.2) is 9.37 Å². The maximum absolute atomic E-state index is 13.5. The molecule has 16 heavy (non-hydrogen) atoms. The molecule has 82 valence electrons. The van der Waals surface area contributed by atoms with Crippen molar-refractivity contribution in [1.29, 1.82) is 0 Å². The average Bonchev–Trinajstić information content (AvgIpc) is 2.66. The third-order valence-corrected chi connectivity index (χ3v) is 2.26. The van der Waals surface area contributed by atoms with Crippen molar-refractivity contribution in [3.05, 3.63) is 48.3 Å². The van der Waals surface area contributed by atoms with Crippen LogP contribution in [0.2, 0.25) is 0 Å². The molecule has 2 rings (SSSR count). The van der Waals surface area contributed by atoms with Crippen LogP contribution in [0.25, 0.3) is 5.69 Å². The Balaban J connectivity index is 2.45. The lowest BCUT2D eigenvalue weighted by molar-refractivity contribution is -0.116. The highest BCUT2D eigenvalue weighted by molar-refractivity contribution is 5.77. The first-order valence-corrected chi connectivity index (χ1v) is 4.94. The summed E-state index contributed by atoms with van der Waals surface area (Å²) < 4.78 is 15.1. The summed E-state index contributed by atoms with van der Waals surface area (Å²) in [5, 5.41) is 0. The largest absolute Gasteiger partial charge is 0.300 e. The lowest BCUT2D eigenvalue weighted by Crippen LogP contribution is -2.05. The van der Waals surface area contributed by atoms with Crippen molar-refractivity contribution in [2.45, 2.75) is 13.3 Å². The SMILES string of the molecule is CC(=O)Cc1cncn1-c1ccccc1F. The minimum atomic E-state index is -0.328. The fourth-order valence-electron chi connectivity index (χ4n) is 1.57. The van der Waals surface area contributed by atoms with Crippen molar-refractivity contribution in [2.24, 2.45) is 0 Å². The topological polar surface area (TPSA) is 34.9 Å². The molecule has 0 saturated carbocycles. The van der Waals surface area contributed by atoms with E-state index in [1.165, 1.54) is 19.3 Å². The third-order valence-electron chi connectivity index (χ3n) is 2.26. The predicted octanol–water partition coefficient (Wildman–Crippen LogP) is 2.14. The second-order valence-corrected chi connectivity index (χ2v) is 3.59. The lowest BCUT2D eigenvalue weighted by Gasteiger charge is -2.07. The number of para-hydroxylation sites is 1. The first-order valence-electron chi connectivity index (χ1n) is 4.94. The summed E-state index contributed by atoms with van der Waals surface area (Å²) in [7, 11) is 0. The zero-order valence-corrected chi connectivity index (χ0v) is 8.85. The molecule has 0 saturated heterocycles. The Hall–Kier alpha value is -1.97. The molecule has 2 aromatic rings. The highest BCUT2D eigenvalue weighted by atomic mass is 19.1. The molecule has 4 heteroatoms. The first kappa shape index (κ1) is 10.5. The predicted molar refractivity (Wildman–Crippen MR) is 57.9 cm³/mol. The van der Waals surface area contributed by atoms with Gasteiger partial charge in [-0.15, -0.1) is 0 Å². The van der Waals surface area contributed by atoms with E-state index in [0.717, 1.165) is 0 Å². The normalized spacial score (nSPS) is 10.4. The van der Waals surface area contributed by atoms with Crippen LogP contribution >= 0.6 is 0 Å². The van der Waals surface area contributed by atoms with Crippen LogP contribution in [0.15, 0.2) is 36.8 Å².